The van der Waals surface area contributed by atoms with Crippen molar-refractivity contribution in [1.82, 2.24) is 5.32 Å². The van der Waals surface area contributed by atoms with Gasteiger partial charge in [0.05, 0.1) is 26.9 Å². The minimum absolute atomic E-state index is 0.0824. The van der Waals surface area contributed by atoms with E-state index in [4.69, 9.17) is 14.2 Å². The molecule has 0 spiro atoms. The van der Waals surface area contributed by atoms with E-state index < -0.39 is 0 Å². The van der Waals surface area contributed by atoms with E-state index in [0.29, 0.717) is 29.6 Å². The van der Waals surface area contributed by atoms with E-state index in [-0.39, 0.29) is 12.0 Å². The topological polar surface area (TPSA) is 81.2 Å². The zero-order chi connectivity index (χ0) is 21.5. The van der Waals surface area contributed by atoms with E-state index in [1.54, 1.807) is 25.3 Å². The molecule has 2 aromatic rings. The Kier molecular flexibility index (Phi) is 7.30. The highest BCUT2D eigenvalue weighted by atomic mass is 16.5. The third kappa shape index (κ3) is 5.73. The lowest BCUT2D eigenvalue weighted by molar-refractivity contribution is 0.0975. The molecule has 7 nitrogen and oxygen atoms in total. The molecule has 0 aromatic heterocycles. The van der Waals surface area contributed by atoms with Crippen molar-refractivity contribution in [3.05, 3.63) is 53.1 Å². The fourth-order valence-corrected chi connectivity index (χ4v) is 3.43. The third-order valence-corrected chi connectivity index (χ3v) is 4.84. The van der Waals surface area contributed by atoms with Crippen LogP contribution in [0.5, 0.6) is 11.5 Å². The molecule has 30 heavy (non-hydrogen) atoms. The summed E-state index contributed by atoms with van der Waals surface area (Å²) in [6.07, 6.45) is 2.10. The molecule has 160 valence electrons. The molecule has 1 saturated heterocycles. The van der Waals surface area contributed by atoms with Crippen LogP contribution in [0.25, 0.3) is 0 Å². The highest BCUT2D eigenvalue weighted by molar-refractivity contribution is 6.10. The second kappa shape index (κ2) is 10.1. The van der Waals surface area contributed by atoms with Gasteiger partial charge in [0.2, 0.25) is 5.96 Å². The summed E-state index contributed by atoms with van der Waals surface area (Å²) in [6, 6.07) is 11.1. The molecule has 2 aromatic carbocycles. The van der Waals surface area contributed by atoms with Gasteiger partial charge in [-0.25, -0.2) is 4.99 Å². The summed E-state index contributed by atoms with van der Waals surface area (Å²) in [4.78, 5) is 17.5. The lowest BCUT2D eigenvalue weighted by Gasteiger charge is -2.15. The van der Waals surface area contributed by atoms with E-state index in [0.717, 1.165) is 36.3 Å². The molecule has 1 atom stereocenters. The Hall–Kier alpha value is -3.06. The molecule has 3 rings (SSSR count). The molecule has 7 heteroatoms. The molecule has 0 aliphatic carbocycles. The fraction of sp³-hybridized carbons (Fsp3) is 0.391. The summed E-state index contributed by atoms with van der Waals surface area (Å²) in [5, 5.41) is 6.12. The van der Waals surface area contributed by atoms with Crippen molar-refractivity contribution in [2.75, 3.05) is 32.7 Å². The lowest BCUT2D eigenvalue weighted by atomic mass is 10.1. The Morgan fingerprint density at radius 1 is 1.10 bits per heavy atom. The van der Waals surface area contributed by atoms with Gasteiger partial charge in [-0.05, 0) is 68.1 Å². The van der Waals surface area contributed by atoms with Gasteiger partial charge in [-0.2, -0.15) is 0 Å². The smallest absolute Gasteiger partial charge is 0.258 e. The lowest BCUT2D eigenvalue weighted by Crippen LogP contribution is -2.36. The van der Waals surface area contributed by atoms with Crippen LogP contribution in [-0.2, 0) is 4.74 Å². The van der Waals surface area contributed by atoms with Crippen molar-refractivity contribution in [3.8, 4) is 11.5 Å². The number of carbonyl (C=O) groups excluding carboxylic acids is 1. The molecule has 0 saturated carbocycles. The number of methoxy groups -OCH3 is 2. The van der Waals surface area contributed by atoms with Crippen molar-refractivity contribution >= 4 is 17.6 Å². The van der Waals surface area contributed by atoms with Crippen LogP contribution in [0.3, 0.4) is 0 Å². The van der Waals surface area contributed by atoms with Crippen LogP contribution < -0.4 is 20.1 Å². The number of carbonyl (C=O) groups is 1. The van der Waals surface area contributed by atoms with Crippen LogP contribution >= 0.6 is 0 Å². The van der Waals surface area contributed by atoms with Gasteiger partial charge in [0, 0.05) is 17.9 Å². The zero-order valence-corrected chi connectivity index (χ0v) is 18.0. The van der Waals surface area contributed by atoms with Gasteiger partial charge in [-0.15, -0.1) is 0 Å². The fourth-order valence-electron chi connectivity index (χ4n) is 3.43. The number of ether oxygens (including phenoxy) is 3. The Labute approximate surface area is 177 Å². The summed E-state index contributed by atoms with van der Waals surface area (Å²) in [5.41, 5.74) is 3.57. The van der Waals surface area contributed by atoms with Crippen molar-refractivity contribution in [2.24, 2.45) is 4.99 Å². The van der Waals surface area contributed by atoms with E-state index in [9.17, 15) is 4.79 Å². The summed E-state index contributed by atoms with van der Waals surface area (Å²) < 4.78 is 16.2. The molecule has 1 amide bonds. The standard InChI is InChI=1S/C23H29N3O4/c1-15-10-16(2)12-18(11-15)25-23(24-14-19-6-5-9-30-19)26-22(27)17-7-8-20(28-3)21(13-17)29-4/h7-8,10-13,19H,5-6,9,14H2,1-4H3,(H2,24,25,26,27)/t19-/m1/s1. The summed E-state index contributed by atoms with van der Waals surface area (Å²) in [7, 11) is 3.09. The molecular weight excluding hydrogens is 382 g/mol. The number of aliphatic imine (C=N–C) groups is 1. The maximum absolute atomic E-state index is 12.9. The van der Waals surface area contributed by atoms with E-state index in [1.165, 1.54) is 7.11 Å². The number of anilines is 1. The van der Waals surface area contributed by atoms with Crippen LogP contribution in [0.4, 0.5) is 5.69 Å². The van der Waals surface area contributed by atoms with E-state index in [2.05, 4.69) is 21.7 Å². The number of nitrogens with one attached hydrogen (secondary N) is 2. The molecule has 1 aliphatic heterocycles. The molecule has 0 unspecified atom stereocenters. The van der Waals surface area contributed by atoms with Gasteiger partial charge in [-0.3, -0.25) is 10.1 Å². The van der Waals surface area contributed by atoms with Crippen LogP contribution in [0, 0.1) is 13.8 Å². The van der Waals surface area contributed by atoms with Crippen LogP contribution in [0.15, 0.2) is 41.4 Å². The average molecular weight is 412 g/mol. The number of benzene rings is 2. The highest BCUT2D eigenvalue weighted by Gasteiger charge is 2.17. The minimum atomic E-state index is -0.293. The Bertz CT molecular complexity index is 900. The van der Waals surface area contributed by atoms with Gasteiger partial charge in [0.1, 0.15) is 0 Å². The Morgan fingerprint density at radius 2 is 1.83 bits per heavy atom. The quantitative estimate of drug-likeness (QED) is 0.560. The monoisotopic (exact) mass is 411 g/mol. The molecule has 1 fully saturated rings. The molecule has 1 aliphatic rings. The number of guanidine groups is 1. The highest BCUT2D eigenvalue weighted by Crippen LogP contribution is 2.27. The zero-order valence-electron chi connectivity index (χ0n) is 18.0. The normalized spacial score (nSPS) is 16.3. The maximum atomic E-state index is 12.9. The molecule has 0 radical (unpaired) electrons. The molecular formula is C23H29N3O4. The number of hydrogen-bond donors (Lipinski definition) is 2. The number of hydrogen-bond acceptors (Lipinski definition) is 5. The Balaban J connectivity index is 1.80. The number of rotatable bonds is 6. The third-order valence-electron chi connectivity index (χ3n) is 4.84. The summed E-state index contributed by atoms with van der Waals surface area (Å²) in [6.45, 7) is 5.31. The van der Waals surface area contributed by atoms with Crippen molar-refractivity contribution < 1.29 is 19.0 Å². The van der Waals surface area contributed by atoms with Crippen molar-refractivity contribution in [1.29, 1.82) is 0 Å². The number of amides is 1. The van der Waals surface area contributed by atoms with Gasteiger partial charge in [0.15, 0.2) is 11.5 Å². The second-order valence-corrected chi connectivity index (χ2v) is 7.35. The predicted molar refractivity (Wildman–Crippen MR) is 118 cm³/mol. The SMILES string of the molecule is COc1ccc(C(=O)NC(=NC[C@H]2CCCO2)Nc2cc(C)cc(C)c2)cc1OC. The van der Waals surface area contributed by atoms with Crippen molar-refractivity contribution in [2.45, 2.75) is 32.8 Å². The minimum Gasteiger partial charge on any atom is -0.493 e. The molecule has 2 N–H and O–H groups in total. The largest absolute Gasteiger partial charge is 0.493 e. The van der Waals surface area contributed by atoms with E-state index in [1.807, 2.05) is 26.0 Å². The van der Waals surface area contributed by atoms with Crippen LogP contribution in [-0.4, -0.2) is 45.3 Å². The van der Waals surface area contributed by atoms with Gasteiger partial charge < -0.3 is 19.5 Å². The average Bonchev–Trinajstić information content (AvgIpc) is 3.24. The van der Waals surface area contributed by atoms with Gasteiger partial charge in [0.25, 0.3) is 5.91 Å². The summed E-state index contributed by atoms with van der Waals surface area (Å²) >= 11 is 0. The Morgan fingerprint density at radius 3 is 2.47 bits per heavy atom. The van der Waals surface area contributed by atoms with Gasteiger partial charge in [-0.1, -0.05) is 6.07 Å². The van der Waals surface area contributed by atoms with Crippen LogP contribution in [0.2, 0.25) is 0 Å². The first kappa shape index (κ1) is 21.6. The molecule has 1 heterocycles. The predicted octanol–water partition coefficient (Wildman–Crippen LogP) is 3.70. The van der Waals surface area contributed by atoms with Gasteiger partial charge >= 0.3 is 0 Å². The number of aryl methyl sites for hydroxylation is 2. The second-order valence-electron chi connectivity index (χ2n) is 7.35. The first-order valence-corrected chi connectivity index (χ1v) is 10.0. The molecule has 0 bridgehead atoms. The van der Waals surface area contributed by atoms with E-state index >= 15 is 0 Å². The maximum Gasteiger partial charge on any atom is 0.258 e. The number of nitrogens with zero attached hydrogens (tertiary/aromatic N) is 1. The van der Waals surface area contributed by atoms with Crippen molar-refractivity contribution in [3.63, 3.8) is 0 Å². The first-order valence-electron chi connectivity index (χ1n) is 10.0. The van der Waals surface area contributed by atoms with Crippen LogP contribution in [0.1, 0.15) is 34.3 Å². The summed E-state index contributed by atoms with van der Waals surface area (Å²) in [5.74, 6) is 1.15. The first-order chi connectivity index (χ1) is 14.5.